The fourth-order valence-electron chi connectivity index (χ4n) is 5.72. The number of para-hydroxylation sites is 1. The van der Waals surface area contributed by atoms with Crippen LogP contribution in [0.4, 0.5) is 0 Å². The van der Waals surface area contributed by atoms with Crippen molar-refractivity contribution in [3.05, 3.63) is 101 Å². The van der Waals surface area contributed by atoms with E-state index in [4.69, 9.17) is 0 Å². The number of hydrogen-bond acceptors (Lipinski definition) is 0. The third-order valence-electron chi connectivity index (χ3n) is 7.68. The van der Waals surface area contributed by atoms with E-state index < -0.39 is 0 Å². The van der Waals surface area contributed by atoms with Gasteiger partial charge in [-0.2, -0.15) is 0 Å². The van der Waals surface area contributed by atoms with E-state index in [1.165, 1.54) is 55.4 Å². The molecule has 0 aliphatic carbocycles. The third-order valence-corrected chi connectivity index (χ3v) is 7.68. The molecule has 1 aliphatic rings. The Bertz CT molecular complexity index is 1550. The summed E-state index contributed by atoms with van der Waals surface area (Å²) in [6.45, 7) is 13.8. The van der Waals surface area contributed by atoms with Gasteiger partial charge in [-0.3, -0.25) is 9.13 Å². The molecule has 0 amide bonds. The number of fused-ring (bicyclic) bond motifs is 4. The first-order chi connectivity index (χ1) is 16.3. The van der Waals surface area contributed by atoms with E-state index in [1.54, 1.807) is 0 Å². The van der Waals surface area contributed by atoms with Gasteiger partial charge in [0, 0.05) is 5.41 Å². The molecule has 1 aliphatic heterocycles. The molecule has 0 saturated carbocycles. The Morgan fingerprint density at radius 2 is 1.50 bits per heavy atom. The fraction of sp³-hybridized carbons (Fsp3) is 0.281. The maximum atomic E-state index is 3.77. The number of benzene rings is 4. The third kappa shape index (κ3) is 2.91. The van der Waals surface area contributed by atoms with Crippen LogP contribution < -0.4 is 4.57 Å². The Morgan fingerprint density at radius 1 is 0.794 bits per heavy atom. The predicted molar refractivity (Wildman–Crippen MR) is 141 cm³/mol. The molecule has 34 heavy (non-hydrogen) atoms. The second-order valence-corrected chi connectivity index (χ2v) is 10.9. The van der Waals surface area contributed by atoms with Crippen LogP contribution in [0.15, 0.2) is 72.8 Å². The summed E-state index contributed by atoms with van der Waals surface area (Å²) < 4.78 is 4.58. The summed E-state index contributed by atoms with van der Waals surface area (Å²) in [5.74, 6) is 0.951. The van der Waals surface area contributed by atoms with Crippen LogP contribution in [0.5, 0.6) is 0 Å². The highest BCUT2D eigenvalue weighted by molar-refractivity contribution is 5.92. The van der Waals surface area contributed by atoms with E-state index in [-0.39, 0.29) is 5.41 Å². The molecular weight excluding hydrogens is 412 g/mol. The van der Waals surface area contributed by atoms with Crippen LogP contribution in [0.25, 0.3) is 33.2 Å². The molecule has 0 bridgehead atoms. The van der Waals surface area contributed by atoms with Gasteiger partial charge in [-0.1, -0.05) is 96.1 Å². The van der Waals surface area contributed by atoms with Gasteiger partial charge in [0.2, 0.25) is 0 Å². The van der Waals surface area contributed by atoms with E-state index in [0.717, 1.165) is 0 Å². The van der Waals surface area contributed by atoms with Crippen LogP contribution in [0, 0.1) is 6.33 Å². The molecule has 5 aromatic rings. The average molecular weight is 445 g/mol. The van der Waals surface area contributed by atoms with Crippen LogP contribution in [-0.2, 0) is 5.41 Å². The Labute approximate surface area is 202 Å². The minimum absolute atomic E-state index is 0.112. The highest BCUT2D eigenvalue weighted by Crippen LogP contribution is 2.44. The highest BCUT2D eigenvalue weighted by Gasteiger charge is 2.36. The van der Waals surface area contributed by atoms with E-state index in [9.17, 15) is 0 Å². The van der Waals surface area contributed by atoms with E-state index in [2.05, 4.69) is 130 Å². The highest BCUT2D eigenvalue weighted by atomic mass is 15.1. The number of nitrogens with zero attached hydrogens (tertiary/aromatic N) is 2. The van der Waals surface area contributed by atoms with Crippen LogP contribution >= 0.6 is 0 Å². The van der Waals surface area contributed by atoms with Crippen molar-refractivity contribution in [3.63, 3.8) is 0 Å². The van der Waals surface area contributed by atoms with Crippen molar-refractivity contribution in [3.8, 4) is 11.4 Å². The predicted octanol–water partition coefficient (Wildman–Crippen LogP) is 7.75. The molecule has 6 rings (SSSR count). The van der Waals surface area contributed by atoms with E-state index >= 15 is 0 Å². The quantitative estimate of drug-likeness (QED) is 0.199. The number of hydrogen-bond donors (Lipinski definition) is 0. The summed E-state index contributed by atoms with van der Waals surface area (Å²) in [6, 6.07) is 27.1. The molecule has 4 aromatic carbocycles. The fourth-order valence-corrected chi connectivity index (χ4v) is 5.72. The maximum Gasteiger partial charge on any atom is 0.269 e. The Morgan fingerprint density at radius 3 is 2.21 bits per heavy atom. The van der Waals surface area contributed by atoms with Gasteiger partial charge in [0.25, 0.3) is 6.33 Å². The topological polar surface area (TPSA) is 8.81 Å². The van der Waals surface area contributed by atoms with Crippen LogP contribution in [0.1, 0.15) is 75.6 Å². The molecule has 2 heterocycles. The van der Waals surface area contributed by atoms with Crippen molar-refractivity contribution in [1.29, 1.82) is 0 Å². The lowest BCUT2D eigenvalue weighted by molar-refractivity contribution is -0.575. The van der Waals surface area contributed by atoms with Gasteiger partial charge in [-0.15, -0.1) is 0 Å². The minimum Gasteiger partial charge on any atom is -0.292 e. The molecule has 0 saturated heterocycles. The first-order valence-electron chi connectivity index (χ1n) is 12.4. The average Bonchev–Trinajstić information content (AvgIpc) is 3.22. The van der Waals surface area contributed by atoms with Crippen molar-refractivity contribution in [2.24, 2.45) is 0 Å². The van der Waals surface area contributed by atoms with Gasteiger partial charge in [-0.25, -0.2) is 0 Å². The molecule has 1 aromatic heterocycles. The maximum absolute atomic E-state index is 3.77. The van der Waals surface area contributed by atoms with Crippen LogP contribution in [-0.4, -0.2) is 4.57 Å². The first kappa shape index (κ1) is 21.2. The van der Waals surface area contributed by atoms with Gasteiger partial charge in [0.15, 0.2) is 0 Å². The van der Waals surface area contributed by atoms with Crippen molar-refractivity contribution < 1.29 is 4.57 Å². The lowest BCUT2D eigenvalue weighted by Crippen LogP contribution is -2.41. The standard InChI is InChI=1S/C32H32N2/c1-20(2)23-16-24(21(3)4)18-25(17-23)33-19-34-28-15-14-22-10-7-8-11-26(22)30(28)32(5,6)27-12-9-13-29(33)31(27)34/h7-18,20-21H,1-6H3. The zero-order valence-electron chi connectivity index (χ0n) is 21.0. The van der Waals surface area contributed by atoms with Crippen LogP contribution in [0.2, 0.25) is 0 Å². The Balaban J connectivity index is 1.71. The van der Waals surface area contributed by atoms with E-state index in [0.29, 0.717) is 11.8 Å². The second-order valence-electron chi connectivity index (χ2n) is 10.9. The zero-order valence-corrected chi connectivity index (χ0v) is 21.0. The first-order valence-corrected chi connectivity index (χ1v) is 12.4. The molecule has 2 nitrogen and oxygen atoms in total. The largest absolute Gasteiger partial charge is 0.292 e. The molecule has 0 fully saturated rings. The van der Waals surface area contributed by atoms with E-state index in [1.807, 2.05) is 0 Å². The molecule has 0 spiro atoms. The second kappa shape index (κ2) is 7.30. The van der Waals surface area contributed by atoms with Gasteiger partial charge in [-0.05, 0) is 63.1 Å². The number of aromatic nitrogens is 2. The van der Waals surface area contributed by atoms with Crippen LogP contribution in [0.3, 0.4) is 0 Å². The Kier molecular flexibility index (Phi) is 4.55. The number of imidazole rings is 1. The van der Waals surface area contributed by atoms with Crippen molar-refractivity contribution in [2.75, 3.05) is 0 Å². The SMILES string of the molecule is CC(C)c1cc(C(C)C)cc(-n2[c-][n+]3c4c(cccc42)C(C)(C)c2c-3ccc3ccccc23)c1. The smallest absolute Gasteiger partial charge is 0.269 e. The van der Waals surface area contributed by atoms with Crippen molar-refractivity contribution >= 4 is 21.8 Å². The summed E-state index contributed by atoms with van der Waals surface area (Å²) >= 11 is 0. The van der Waals surface area contributed by atoms with Crippen molar-refractivity contribution in [1.82, 2.24) is 4.57 Å². The molecule has 170 valence electrons. The zero-order chi connectivity index (χ0) is 23.8. The lowest BCUT2D eigenvalue weighted by Gasteiger charge is -2.35. The molecule has 0 unspecified atom stereocenters. The summed E-state index contributed by atoms with van der Waals surface area (Å²) in [5.41, 5.74) is 10.3. The summed E-state index contributed by atoms with van der Waals surface area (Å²) in [5, 5.41) is 2.61. The lowest BCUT2D eigenvalue weighted by atomic mass is 9.73. The minimum atomic E-state index is -0.112. The summed E-state index contributed by atoms with van der Waals surface area (Å²) in [6.07, 6.45) is 3.77. The molecule has 0 N–H and O–H groups in total. The molecule has 0 atom stereocenters. The summed E-state index contributed by atoms with van der Waals surface area (Å²) in [4.78, 5) is 0. The summed E-state index contributed by atoms with van der Waals surface area (Å²) in [7, 11) is 0. The molecule has 2 heteroatoms. The van der Waals surface area contributed by atoms with Crippen molar-refractivity contribution in [2.45, 2.75) is 58.8 Å². The molecule has 0 radical (unpaired) electrons. The normalized spacial score (nSPS) is 14.4. The van der Waals surface area contributed by atoms with Gasteiger partial charge in [0.1, 0.15) is 0 Å². The monoisotopic (exact) mass is 444 g/mol. The molecular formula is C32H32N2. The van der Waals surface area contributed by atoms with Gasteiger partial charge >= 0.3 is 0 Å². The van der Waals surface area contributed by atoms with Gasteiger partial charge < -0.3 is 0 Å². The van der Waals surface area contributed by atoms with Gasteiger partial charge in [0.05, 0.1) is 22.4 Å². The Hall–Kier alpha value is -3.39. The number of rotatable bonds is 3.